The zero-order valence-electron chi connectivity index (χ0n) is 10.8. The number of rotatable bonds is 2. The lowest BCUT2D eigenvalue weighted by atomic mass is 10.1. The van der Waals surface area contributed by atoms with Gasteiger partial charge in [0.15, 0.2) is 5.82 Å². The van der Waals surface area contributed by atoms with Crippen LogP contribution in [0.1, 0.15) is 5.56 Å². The largest absolute Gasteiger partial charge is 0.495 e. The number of nitrogens with zero attached hydrogens (tertiary/aromatic N) is 2. The van der Waals surface area contributed by atoms with E-state index in [1.54, 1.807) is 7.11 Å². The summed E-state index contributed by atoms with van der Waals surface area (Å²) in [5.41, 5.74) is 1.68. The first-order valence-corrected chi connectivity index (χ1v) is 7.49. The van der Waals surface area contributed by atoms with Crippen molar-refractivity contribution in [3.63, 3.8) is 0 Å². The van der Waals surface area contributed by atoms with Crippen LogP contribution >= 0.6 is 34.5 Å². The van der Waals surface area contributed by atoms with Crippen LogP contribution in [0, 0.1) is 6.92 Å². The minimum Gasteiger partial charge on any atom is -0.495 e. The molecule has 20 heavy (non-hydrogen) atoms. The lowest BCUT2D eigenvalue weighted by Crippen LogP contribution is -1.93. The van der Waals surface area contributed by atoms with Gasteiger partial charge >= 0.3 is 0 Å². The molecule has 0 N–H and O–H groups in total. The Morgan fingerprint density at radius 3 is 2.75 bits per heavy atom. The molecular weight excluding hydrogens is 315 g/mol. The number of methoxy groups -OCH3 is 1. The number of thiophene rings is 1. The zero-order chi connectivity index (χ0) is 14.3. The van der Waals surface area contributed by atoms with Crippen LogP contribution in [0.4, 0.5) is 0 Å². The summed E-state index contributed by atoms with van der Waals surface area (Å²) in [5, 5.41) is 3.65. The average molecular weight is 325 g/mol. The van der Waals surface area contributed by atoms with E-state index in [-0.39, 0.29) is 0 Å². The Balaban J connectivity index is 2.30. The SMILES string of the molecule is COc1ccsc1-c1nc(Cl)c2cc(C)cc(Cl)c2n1. The number of hydrogen-bond acceptors (Lipinski definition) is 4. The van der Waals surface area contributed by atoms with Gasteiger partial charge in [-0.1, -0.05) is 23.2 Å². The normalized spacial score (nSPS) is 11.0. The van der Waals surface area contributed by atoms with E-state index < -0.39 is 0 Å². The average Bonchev–Trinajstić information content (AvgIpc) is 2.88. The Morgan fingerprint density at radius 1 is 1.20 bits per heavy atom. The highest BCUT2D eigenvalue weighted by atomic mass is 35.5. The van der Waals surface area contributed by atoms with Crippen LogP contribution in [0.2, 0.25) is 10.2 Å². The van der Waals surface area contributed by atoms with Gasteiger partial charge in [0.05, 0.1) is 17.6 Å². The Morgan fingerprint density at radius 2 is 2.00 bits per heavy atom. The summed E-state index contributed by atoms with van der Waals surface area (Å²) >= 11 is 14.0. The van der Waals surface area contributed by atoms with Crippen molar-refractivity contribution in [3.8, 4) is 16.5 Å². The van der Waals surface area contributed by atoms with Gasteiger partial charge in [-0.25, -0.2) is 9.97 Å². The molecule has 0 bridgehead atoms. The van der Waals surface area contributed by atoms with E-state index in [2.05, 4.69) is 9.97 Å². The summed E-state index contributed by atoms with van der Waals surface area (Å²) in [6, 6.07) is 5.67. The number of fused-ring (bicyclic) bond motifs is 1. The van der Waals surface area contributed by atoms with Gasteiger partial charge in [0.1, 0.15) is 15.8 Å². The maximum Gasteiger partial charge on any atom is 0.175 e. The van der Waals surface area contributed by atoms with Crippen molar-refractivity contribution in [1.29, 1.82) is 0 Å². The predicted octanol–water partition coefficient (Wildman–Crippen LogP) is 4.98. The molecule has 0 aliphatic rings. The lowest BCUT2D eigenvalue weighted by molar-refractivity contribution is 0.418. The molecule has 0 atom stereocenters. The quantitative estimate of drug-likeness (QED) is 0.623. The molecule has 3 nitrogen and oxygen atoms in total. The Kier molecular flexibility index (Phi) is 3.54. The van der Waals surface area contributed by atoms with Crippen LogP contribution in [0.25, 0.3) is 21.6 Å². The Bertz CT molecular complexity index is 801. The number of aryl methyl sites for hydroxylation is 1. The molecule has 0 unspecified atom stereocenters. The van der Waals surface area contributed by atoms with Gasteiger partial charge in [0.25, 0.3) is 0 Å². The lowest BCUT2D eigenvalue weighted by Gasteiger charge is -2.07. The molecule has 0 radical (unpaired) electrons. The van der Waals surface area contributed by atoms with E-state index in [0.29, 0.717) is 21.5 Å². The molecule has 0 fully saturated rings. The van der Waals surface area contributed by atoms with Gasteiger partial charge in [0, 0.05) is 5.39 Å². The minimum absolute atomic E-state index is 0.394. The van der Waals surface area contributed by atoms with Crippen molar-refractivity contribution in [3.05, 3.63) is 39.3 Å². The standard InChI is InChI=1S/C14H10Cl2N2OS/c1-7-5-8-11(9(15)6-7)17-14(18-13(8)16)12-10(19-2)3-4-20-12/h3-6H,1-2H3. The highest BCUT2D eigenvalue weighted by Crippen LogP contribution is 2.36. The maximum atomic E-state index is 6.27. The molecule has 2 heterocycles. The summed E-state index contributed by atoms with van der Waals surface area (Å²) in [7, 11) is 1.62. The smallest absolute Gasteiger partial charge is 0.175 e. The molecule has 2 aromatic heterocycles. The molecule has 0 saturated heterocycles. The van der Waals surface area contributed by atoms with Gasteiger partial charge in [-0.2, -0.15) is 0 Å². The van der Waals surface area contributed by atoms with Gasteiger partial charge in [0.2, 0.25) is 0 Å². The minimum atomic E-state index is 0.394. The first-order chi connectivity index (χ1) is 9.60. The molecule has 0 spiro atoms. The highest BCUT2D eigenvalue weighted by molar-refractivity contribution is 7.13. The Hall–Kier alpha value is -1.36. The molecule has 1 aromatic carbocycles. The van der Waals surface area contributed by atoms with Crippen LogP contribution in [0.5, 0.6) is 5.75 Å². The van der Waals surface area contributed by atoms with Crippen LogP contribution in [0.3, 0.4) is 0 Å². The van der Waals surface area contributed by atoms with Crippen LogP contribution in [-0.2, 0) is 0 Å². The fraction of sp³-hybridized carbons (Fsp3) is 0.143. The molecule has 0 aliphatic carbocycles. The van der Waals surface area contributed by atoms with Crippen molar-refractivity contribution >= 4 is 45.4 Å². The monoisotopic (exact) mass is 324 g/mol. The zero-order valence-corrected chi connectivity index (χ0v) is 13.1. The summed E-state index contributed by atoms with van der Waals surface area (Å²) in [5.74, 6) is 1.26. The van der Waals surface area contributed by atoms with Crippen LogP contribution in [-0.4, -0.2) is 17.1 Å². The van der Waals surface area contributed by atoms with Crippen molar-refractivity contribution in [1.82, 2.24) is 9.97 Å². The molecule has 0 saturated carbocycles. The summed E-state index contributed by atoms with van der Waals surface area (Å²) in [6.45, 7) is 1.96. The third-order valence-electron chi connectivity index (χ3n) is 2.90. The van der Waals surface area contributed by atoms with E-state index >= 15 is 0 Å². The van der Waals surface area contributed by atoms with E-state index in [1.165, 1.54) is 11.3 Å². The van der Waals surface area contributed by atoms with E-state index in [1.807, 2.05) is 30.5 Å². The number of benzene rings is 1. The molecule has 102 valence electrons. The van der Waals surface area contributed by atoms with Crippen molar-refractivity contribution < 1.29 is 4.74 Å². The topological polar surface area (TPSA) is 35.0 Å². The molecule has 0 amide bonds. The van der Waals surface area contributed by atoms with Gasteiger partial charge in [-0.15, -0.1) is 11.3 Å². The van der Waals surface area contributed by atoms with Gasteiger partial charge < -0.3 is 4.74 Å². The molecule has 6 heteroatoms. The fourth-order valence-electron chi connectivity index (χ4n) is 2.01. The number of hydrogen-bond donors (Lipinski definition) is 0. The van der Waals surface area contributed by atoms with Crippen LogP contribution in [0.15, 0.2) is 23.6 Å². The molecule has 3 rings (SSSR count). The summed E-state index contributed by atoms with van der Waals surface area (Å²) in [4.78, 5) is 9.73. The third kappa shape index (κ3) is 2.24. The Labute approximate surface area is 130 Å². The third-order valence-corrected chi connectivity index (χ3v) is 4.37. The van der Waals surface area contributed by atoms with Crippen LogP contribution < -0.4 is 4.74 Å². The van der Waals surface area contributed by atoms with E-state index in [0.717, 1.165) is 21.6 Å². The second-order valence-corrected chi connectivity index (χ2v) is 5.98. The fourth-order valence-corrected chi connectivity index (χ4v) is 3.34. The predicted molar refractivity (Wildman–Crippen MR) is 84.2 cm³/mol. The second kappa shape index (κ2) is 5.20. The maximum absolute atomic E-state index is 6.27. The second-order valence-electron chi connectivity index (χ2n) is 4.30. The highest BCUT2D eigenvalue weighted by Gasteiger charge is 2.15. The summed E-state index contributed by atoms with van der Waals surface area (Å²) in [6.07, 6.45) is 0. The number of aromatic nitrogens is 2. The van der Waals surface area contributed by atoms with Gasteiger partial charge in [-0.3, -0.25) is 0 Å². The molecule has 0 aliphatic heterocycles. The van der Waals surface area contributed by atoms with E-state index in [4.69, 9.17) is 27.9 Å². The van der Waals surface area contributed by atoms with Crippen molar-refractivity contribution in [2.45, 2.75) is 6.92 Å². The number of ether oxygens (including phenoxy) is 1. The summed E-state index contributed by atoms with van der Waals surface area (Å²) < 4.78 is 5.30. The number of halogens is 2. The van der Waals surface area contributed by atoms with E-state index in [9.17, 15) is 0 Å². The first kappa shape index (κ1) is 13.6. The van der Waals surface area contributed by atoms with Gasteiger partial charge in [-0.05, 0) is 36.1 Å². The first-order valence-electron chi connectivity index (χ1n) is 5.85. The van der Waals surface area contributed by atoms with Crippen molar-refractivity contribution in [2.75, 3.05) is 7.11 Å². The molecule has 3 aromatic rings. The van der Waals surface area contributed by atoms with Crippen molar-refractivity contribution in [2.24, 2.45) is 0 Å². The molecular formula is C14H10Cl2N2OS.